The molecule has 104 valence electrons. The number of hydrogen-bond donors (Lipinski definition) is 1. The molecule has 1 saturated heterocycles. The number of nitrogens with zero attached hydrogens (tertiary/aromatic N) is 1. The number of anilines is 1. The predicted molar refractivity (Wildman–Crippen MR) is 79.8 cm³/mol. The van der Waals surface area contributed by atoms with Crippen LogP contribution in [0.15, 0.2) is 12.1 Å². The highest BCUT2D eigenvalue weighted by Gasteiger charge is 2.30. The second-order valence-corrected chi connectivity index (χ2v) is 5.99. The molecule has 1 aromatic rings. The Morgan fingerprint density at radius 3 is 2.37 bits per heavy atom. The van der Waals surface area contributed by atoms with E-state index in [4.69, 9.17) is 28.9 Å². The van der Waals surface area contributed by atoms with Gasteiger partial charge in [-0.25, -0.2) is 0 Å². The first kappa shape index (κ1) is 14.5. The number of carbonyl (C=O) groups is 1. The summed E-state index contributed by atoms with van der Waals surface area (Å²) in [7, 11) is 0. The molecule has 0 spiro atoms. The van der Waals surface area contributed by atoms with Gasteiger partial charge in [0.15, 0.2) is 0 Å². The quantitative estimate of drug-likeness (QED) is 0.798. The molecule has 0 aromatic heterocycles. The van der Waals surface area contributed by atoms with Gasteiger partial charge in [-0.05, 0) is 45.2 Å². The molecule has 0 saturated carbocycles. The van der Waals surface area contributed by atoms with Crippen LogP contribution >= 0.6 is 23.2 Å². The van der Waals surface area contributed by atoms with Crippen molar-refractivity contribution < 1.29 is 4.79 Å². The molecule has 19 heavy (non-hydrogen) atoms. The van der Waals surface area contributed by atoms with Crippen LogP contribution < -0.4 is 5.73 Å². The average Bonchev–Trinajstić information content (AvgIpc) is 2.35. The Labute approximate surface area is 123 Å². The summed E-state index contributed by atoms with van der Waals surface area (Å²) in [4.78, 5) is 14.5. The molecule has 5 heteroatoms. The lowest BCUT2D eigenvalue weighted by atomic mass is 9.96. The van der Waals surface area contributed by atoms with Crippen molar-refractivity contribution in [2.45, 2.75) is 45.2 Å². The normalized spacial score (nSPS) is 23.5. The molecule has 1 aliphatic rings. The third kappa shape index (κ3) is 2.82. The maximum Gasteiger partial charge on any atom is 0.254 e. The standard InChI is InChI=1S/C14H18Cl2N2O/c1-8-4-3-5-9(2)18(8)14(19)10-6-11(15)13(16)12(17)7-10/h6-9H,3-5,17H2,1-2H3/t8-,9-/m1/s1. The number of likely N-dealkylation sites (tertiary alicyclic amines) is 1. The van der Waals surface area contributed by atoms with E-state index in [2.05, 4.69) is 13.8 Å². The first-order chi connectivity index (χ1) is 8.91. The van der Waals surface area contributed by atoms with Gasteiger partial charge in [-0.1, -0.05) is 23.2 Å². The maximum atomic E-state index is 12.6. The lowest BCUT2D eigenvalue weighted by molar-refractivity contribution is 0.0511. The maximum absolute atomic E-state index is 12.6. The number of amides is 1. The Bertz CT molecular complexity index is 471. The highest BCUT2D eigenvalue weighted by atomic mass is 35.5. The molecule has 0 bridgehead atoms. The van der Waals surface area contributed by atoms with Gasteiger partial charge in [0.25, 0.3) is 5.91 Å². The van der Waals surface area contributed by atoms with E-state index in [-0.39, 0.29) is 18.0 Å². The third-order valence-electron chi connectivity index (χ3n) is 3.73. The van der Waals surface area contributed by atoms with Crippen molar-refractivity contribution in [1.82, 2.24) is 4.90 Å². The Hall–Kier alpha value is -0.930. The fourth-order valence-corrected chi connectivity index (χ4v) is 3.04. The summed E-state index contributed by atoms with van der Waals surface area (Å²) in [6.07, 6.45) is 3.23. The fourth-order valence-electron chi connectivity index (χ4n) is 2.70. The SMILES string of the molecule is C[C@@H]1CCC[C@@H](C)N1C(=O)c1cc(N)c(Cl)c(Cl)c1. The van der Waals surface area contributed by atoms with E-state index >= 15 is 0 Å². The predicted octanol–water partition coefficient (Wildman–Crippen LogP) is 3.98. The lowest BCUT2D eigenvalue weighted by Gasteiger charge is -2.39. The van der Waals surface area contributed by atoms with Crippen molar-refractivity contribution in [2.75, 3.05) is 5.73 Å². The number of halogens is 2. The van der Waals surface area contributed by atoms with Gasteiger partial charge < -0.3 is 10.6 Å². The Balaban J connectivity index is 2.33. The minimum absolute atomic E-state index is 0.0232. The largest absolute Gasteiger partial charge is 0.397 e. The summed E-state index contributed by atoms with van der Waals surface area (Å²) < 4.78 is 0. The summed E-state index contributed by atoms with van der Waals surface area (Å²) in [6.45, 7) is 4.16. The number of piperidine rings is 1. The minimum atomic E-state index is -0.0232. The van der Waals surface area contributed by atoms with Crippen LogP contribution in [0.2, 0.25) is 10.0 Å². The van der Waals surface area contributed by atoms with Crippen LogP contribution in [0.5, 0.6) is 0 Å². The first-order valence-corrected chi connectivity index (χ1v) is 7.24. The van der Waals surface area contributed by atoms with Crippen LogP contribution in [0.1, 0.15) is 43.5 Å². The van der Waals surface area contributed by atoms with E-state index in [0.29, 0.717) is 21.3 Å². The zero-order valence-electron chi connectivity index (χ0n) is 11.1. The Morgan fingerprint density at radius 2 is 1.84 bits per heavy atom. The molecule has 0 unspecified atom stereocenters. The molecule has 1 heterocycles. The van der Waals surface area contributed by atoms with Crippen LogP contribution in [-0.2, 0) is 0 Å². The topological polar surface area (TPSA) is 46.3 Å². The zero-order chi connectivity index (χ0) is 14.2. The molecule has 0 radical (unpaired) electrons. The number of nitrogen functional groups attached to an aromatic ring is 1. The van der Waals surface area contributed by atoms with Crippen LogP contribution in [0.4, 0.5) is 5.69 Å². The number of hydrogen-bond acceptors (Lipinski definition) is 2. The van der Waals surface area contributed by atoms with Crippen molar-refractivity contribution >= 4 is 34.8 Å². The first-order valence-electron chi connectivity index (χ1n) is 6.49. The van der Waals surface area contributed by atoms with Crippen molar-refractivity contribution in [3.63, 3.8) is 0 Å². The van der Waals surface area contributed by atoms with Gasteiger partial charge in [-0.2, -0.15) is 0 Å². The molecule has 1 aliphatic heterocycles. The zero-order valence-corrected chi connectivity index (χ0v) is 12.6. The highest BCUT2D eigenvalue weighted by Crippen LogP contribution is 2.31. The van der Waals surface area contributed by atoms with Gasteiger partial charge >= 0.3 is 0 Å². The number of carbonyl (C=O) groups excluding carboxylic acids is 1. The van der Waals surface area contributed by atoms with Gasteiger partial charge in [-0.15, -0.1) is 0 Å². The van der Waals surface area contributed by atoms with Gasteiger partial charge in [0.2, 0.25) is 0 Å². The van der Waals surface area contributed by atoms with Crippen LogP contribution in [0.3, 0.4) is 0 Å². The van der Waals surface area contributed by atoms with Gasteiger partial charge in [0, 0.05) is 17.6 Å². The summed E-state index contributed by atoms with van der Waals surface area (Å²) in [5.74, 6) is -0.0232. The molecule has 0 aliphatic carbocycles. The number of nitrogens with two attached hydrogens (primary N) is 1. The third-order valence-corrected chi connectivity index (χ3v) is 4.55. The Kier molecular flexibility index (Phi) is 4.26. The molecule has 1 fully saturated rings. The van der Waals surface area contributed by atoms with E-state index in [1.54, 1.807) is 12.1 Å². The fraction of sp³-hybridized carbons (Fsp3) is 0.500. The van der Waals surface area contributed by atoms with Gasteiger partial charge in [0.05, 0.1) is 15.7 Å². The van der Waals surface area contributed by atoms with Gasteiger partial charge in [-0.3, -0.25) is 4.79 Å². The highest BCUT2D eigenvalue weighted by molar-refractivity contribution is 6.43. The van der Waals surface area contributed by atoms with E-state index in [1.165, 1.54) is 0 Å². The molecule has 2 rings (SSSR count). The van der Waals surface area contributed by atoms with Crippen molar-refractivity contribution in [2.24, 2.45) is 0 Å². The van der Waals surface area contributed by atoms with Crippen molar-refractivity contribution in [3.8, 4) is 0 Å². The molecule has 2 atom stereocenters. The second-order valence-electron chi connectivity index (χ2n) is 5.20. The molecular formula is C14H18Cl2N2O. The lowest BCUT2D eigenvalue weighted by Crippen LogP contribution is -2.47. The minimum Gasteiger partial charge on any atom is -0.397 e. The Morgan fingerprint density at radius 1 is 1.26 bits per heavy atom. The van der Waals surface area contributed by atoms with Crippen molar-refractivity contribution in [3.05, 3.63) is 27.7 Å². The monoisotopic (exact) mass is 300 g/mol. The van der Waals surface area contributed by atoms with E-state index in [0.717, 1.165) is 19.3 Å². The van der Waals surface area contributed by atoms with E-state index in [1.807, 2.05) is 4.90 Å². The molecular weight excluding hydrogens is 283 g/mol. The van der Waals surface area contributed by atoms with Gasteiger partial charge in [0.1, 0.15) is 0 Å². The van der Waals surface area contributed by atoms with Crippen LogP contribution in [0.25, 0.3) is 0 Å². The van der Waals surface area contributed by atoms with Crippen LogP contribution in [-0.4, -0.2) is 22.9 Å². The number of benzene rings is 1. The molecule has 1 aromatic carbocycles. The summed E-state index contributed by atoms with van der Waals surface area (Å²) in [5.41, 5.74) is 6.62. The smallest absolute Gasteiger partial charge is 0.254 e. The summed E-state index contributed by atoms with van der Waals surface area (Å²) in [5, 5.41) is 0.625. The molecule has 3 nitrogen and oxygen atoms in total. The number of rotatable bonds is 1. The van der Waals surface area contributed by atoms with E-state index in [9.17, 15) is 4.79 Å². The summed E-state index contributed by atoms with van der Waals surface area (Å²) in [6, 6.07) is 3.68. The molecule has 1 amide bonds. The second kappa shape index (κ2) is 5.59. The summed E-state index contributed by atoms with van der Waals surface area (Å²) >= 11 is 11.9. The average molecular weight is 301 g/mol. The van der Waals surface area contributed by atoms with E-state index < -0.39 is 0 Å². The van der Waals surface area contributed by atoms with Crippen LogP contribution in [0, 0.1) is 0 Å². The van der Waals surface area contributed by atoms with Crippen molar-refractivity contribution in [1.29, 1.82) is 0 Å². The molecule has 2 N–H and O–H groups in total.